The molecule has 1 aromatic carbocycles. The van der Waals surface area contributed by atoms with Gasteiger partial charge in [0.1, 0.15) is 0 Å². The molecule has 1 aliphatic heterocycles. The zero-order valence-electron chi connectivity index (χ0n) is 14.2. The van der Waals surface area contributed by atoms with Crippen LogP contribution in [-0.2, 0) is 11.2 Å². The number of likely N-dealkylation sites (tertiary alicyclic amines) is 1. The molecular weight excluding hydrogens is 349 g/mol. The third-order valence-corrected chi connectivity index (χ3v) is 5.49. The Morgan fingerprint density at radius 1 is 1.27 bits per heavy atom. The number of benzene rings is 1. The highest BCUT2D eigenvalue weighted by atomic mass is 19.4. The molecule has 2 aliphatic rings. The van der Waals surface area contributed by atoms with E-state index in [0.717, 1.165) is 12.8 Å². The number of alkyl halides is 3. The number of hydrogen-bond acceptors (Lipinski definition) is 2. The maximum absolute atomic E-state index is 12.4. The zero-order chi connectivity index (χ0) is 18.9. The summed E-state index contributed by atoms with van der Waals surface area (Å²) in [5.41, 5.74) is 0.187. The van der Waals surface area contributed by atoms with Crippen LogP contribution in [0.1, 0.15) is 31.2 Å². The van der Waals surface area contributed by atoms with Crippen molar-refractivity contribution in [1.29, 1.82) is 0 Å². The van der Waals surface area contributed by atoms with Gasteiger partial charge >= 0.3 is 18.2 Å². The molecule has 1 heterocycles. The first-order valence-corrected chi connectivity index (χ1v) is 8.65. The van der Waals surface area contributed by atoms with Crippen LogP contribution in [-0.4, -0.2) is 41.3 Å². The molecule has 0 aromatic heterocycles. The second-order valence-corrected chi connectivity index (χ2v) is 7.17. The molecule has 0 bridgehead atoms. The molecule has 142 valence electrons. The number of halogens is 3. The number of rotatable bonds is 4. The first-order chi connectivity index (χ1) is 12.2. The molecule has 2 amide bonds. The molecule has 5 nitrogen and oxygen atoms in total. The molecular formula is C18H21F3N2O3. The topological polar surface area (TPSA) is 69.6 Å². The fourth-order valence-electron chi connectivity index (χ4n) is 4.04. The molecule has 2 atom stereocenters. The van der Waals surface area contributed by atoms with Crippen molar-refractivity contribution in [2.45, 2.75) is 38.3 Å². The van der Waals surface area contributed by atoms with Crippen molar-refractivity contribution < 1.29 is 27.9 Å². The third kappa shape index (κ3) is 3.78. The highest BCUT2D eigenvalue weighted by Gasteiger charge is 2.55. The molecule has 1 saturated heterocycles. The monoisotopic (exact) mass is 370 g/mol. The van der Waals surface area contributed by atoms with Gasteiger partial charge in [-0.2, -0.15) is 13.2 Å². The number of hydrogen-bond donors (Lipinski definition) is 2. The second kappa shape index (κ2) is 6.81. The van der Waals surface area contributed by atoms with Gasteiger partial charge < -0.3 is 15.3 Å². The lowest BCUT2D eigenvalue weighted by atomic mass is 9.81. The van der Waals surface area contributed by atoms with Crippen LogP contribution < -0.4 is 5.32 Å². The maximum atomic E-state index is 12.4. The molecule has 1 aliphatic carbocycles. The van der Waals surface area contributed by atoms with Crippen molar-refractivity contribution in [3.63, 3.8) is 0 Å². The van der Waals surface area contributed by atoms with E-state index in [1.807, 2.05) is 0 Å². The van der Waals surface area contributed by atoms with E-state index in [1.165, 1.54) is 4.90 Å². The number of fused-ring (bicyclic) bond motifs is 1. The summed E-state index contributed by atoms with van der Waals surface area (Å²) in [6.45, 7) is 0.615. The van der Waals surface area contributed by atoms with E-state index in [4.69, 9.17) is 0 Å². The van der Waals surface area contributed by atoms with Crippen molar-refractivity contribution in [3.8, 4) is 0 Å². The second-order valence-electron chi connectivity index (χ2n) is 7.17. The maximum Gasteiger partial charge on any atom is 0.389 e. The molecule has 0 unspecified atom stereocenters. The highest BCUT2D eigenvalue weighted by molar-refractivity contribution is 5.90. The third-order valence-electron chi connectivity index (χ3n) is 5.49. The summed E-state index contributed by atoms with van der Waals surface area (Å²) in [4.78, 5) is 25.6. The lowest BCUT2D eigenvalue weighted by Gasteiger charge is -2.23. The Kier molecular flexibility index (Phi) is 4.86. The van der Waals surface area contributed by atoms with Gasteiger partial charge in [-0.05, 0) is 42.9 Å². The summed E-state index contributed by atoms with van der Waals surface area (Å²) in [6.07, 6.45) is -2.92. The van der Waals surface area contributed by atoms with Crippen molar-refractivity contribution in [2.24, 2.45) is 11.3 Å². The van der Waals surface area contributed by atoms with Gasteiger partial charge in [-0.25, -0.2) is 4.79 Å². The number of carboxylic acid groups (broad SMARTS) is 1. The quantitative estimate of drug-likeness (QED) is 0.845. The zero-order valence-corrected chi connectivity index (χ0v) is 14.2. The van der Waals surface area contributed by atoms with E-state index >= 15 is 0 Å². The van der Waals surface area contributed by atoms with E-state index < -0.39 is 24.0 Å². The Morgan fingerprint density at radius 3 is 2.54 bits per heavy atom. The fourth-order valence-corrected chi connectivity index (χ4v) is 4.04. The number of carbonyl (C=O) groups excluding carboxylic acids is 1. The summed E-state index contributed by atoms with van der Waals surface area (Å²) < 4.78 is 36.7. The van der Waals surface area contributed by atoms with Crippen LogP contribution in [0.15, 0.2) is 24.3 Å². The van der Waals surface area contributed by atoms with E-state index in [-0.39, 0.29) is 24.9 Å². The van der Waals surface area contributed by atoms with Gasteiger partial charge in [-0.1, -0.05) is 18.6 Å². The number of anilines is 1. The van der Waals surface area contributed by atoms with Crippen LogP contribution in [0.2, 0.25) is 0 Å². The molecule has 0 radical (unpaired) electrons. The van der Waals surface area contributed by atoms with E-state index in [0.29, 0.717) is 24.2 Å². The van der Waals surface area contributed by atoms with E-state index in [1.54, 1.807) is 24.3 Å². The molecule has 1 aromatic rings. The van der Waals surface area contributed by atoms with Crippen molar-refractivity contribution in [3.05, 3.63) is 29.8 Å². The Bertz CT molecular complexity index is 690. The first-order valence-electron chi connectivity index (χ1n) is 8.65. The molecule has 3 rings (SSSR count). The van der Waals surface area contributed by atoms with Crippen molar-refractivity contribution >= 4 is 17.7 Å². The Balaban J connectivity index is 1.58. The molecule has 2 N–H and O–H groups in total. The Labute approximate surface area is 149 Å². The fraction of sp³-hybridized carbons (Fsp3) is 0.556. The number of urea groups is 1. The number of nitrogens with zero attached hydrogens (tertiary/aromatic N) is 1. The van der Waals surface area contributed by atoms with Crippen LogP contribution in [0.25, 0.3) is 0 Å². The van der Waals surface area contributed by atoms with Gasteiger partial charge in [0.2, 0.25) is 0 Å². The average Bonchev–Trinajstić information content (AvgIpc) is 3.11. The van der Waals surface area contributed by atoms with Gasteiger partial charge in [-0.15, -0.1) is 0 Å². The summed E-state index contributed by atoms with van der Waals surface area (Å²) in [5, 5.41) is 12.3. The number of carbonyl (C=O) groups is 2. The van der Waals surface area contributed by atoms with E-state index in [2.05, 4.69) is 5.32 Å². The summed E-state index contributed by atoms with van der Waals surface area (Å²) in [5.74, 6) is -0.861. The van der Waals surface area contributed by atoms with Crippen LogP contribution in [0, 0.1) is 11.3 Å². The minimum atomic E-state index is -4.19. The molecule has 26 heavy (non-hydrogen) atoms. The number of amides is 2. The Morgan fingerprint density at radius 2 is 1.96 bits per heavy atom. The van der Waals surface area contributed by atoms with Crippen molar-refractivity contribution in [1.82, 2.24) is 4.90 Å². The highest BCUT2D eigenvalue weighted by Crippen LogP contribution is 2.48. The van der Waals surface area contributed by atoms with Gasteiger partial charge in [0.15, 0.2) is 0 Å². The number of aryl methyl sites for hydroxylation is 1. The first kappa shape index (κ1) is 18.5. The standard InChI is InChI=1S/C18H21F3N2O3/c19-18(20,21)9-7-12-3-5-14(6-4-12)22-16(26)23-10-13-2-1-8-17(13,11-23)15(24)25/h3-6,13H,1-2,7-11H2,(H,22,26)(H,24,25)/t13-,17+/m0/s1. The van der Waals surface area contributed by atoms with Gasteiger partial charge in [0.25, 0.3) is 0 Å². The predicted octanol–water partition coefficient (Wildman–Crippen LogP) is 3.90. The van der Waals surface area contributed by atoms with Crippen LogP contribution in [0.3, 0.4) is 0 Å². The summed E-state index contributed by atoms with van der Waals surface area (Å²) >= 11 is 0. The minimum Gasteiger partial charge on any atom is -0.481 e. The lowest BCUT2D eigenvalue weighted by Crippen LogP contribution is -2.38. The predicted molar refractivity (Wildman–Crippen MR) is 88.8 cm³/mol. The number of carboxylic acids is 1. The van der Waals surface area contributed by atoms with Gasteiger partial charge in [-0.3, -0.25) is 4.79 Å². The molecule has 8 heteroatoms. The van der Waals surface area contributed by atoms with Crippen LogP contribution in [0.4, 0.5) is 23.7 Å². The van der Waals surface area contributed by atoms with Gasteiger partial charge in [0.05, 0.1) is 5.41 Å². The van der Waals surface area contributed by atoms with Crippen LogP contribution >= 0.6 is 0 Å². The minimum absolute atomic E-state index is 0.0181. The number of aliphatic carboxylic acids is 1. The summed E-state index contributed by atoms with van der Waals surface area (Å²) in [6, 6.07) is 5.86. The van der Waals surface area contributed by atoms with Crippen LogP contribution in [0.5, 0.6) is 0 Å². The molecule has 2 fully saturated rings. The molecule has 0 spiro atoms. The SMILES string of the molecule is O=C(Nc1ccc(CCC(F)(F)F)cc1)N1C[C@@H]2CCC[C@@]2(C(=O)O)C1. The van der Waals surface area contributed by atoms with E-state index in [9.17, 15) is 27.9 Å². The molecule has 1 saturated carbocycles. The lowest BCUT2D eigenvalue weighted by molar-refractivity contribution is -0.149. The summed E-state index contributed by atoms with van der Waals surface area (Å²) in [7, 11) is 0. The normalized spacial score (nSPS) is 25.2. The smallest absolute Gasteiger partial charge is 0.389 e. The Hall–Kier alpha value is -2.25. The van der Waals surface area contributed by atoms with Gasteiger partial charge in [0, 0.05) is 25.2 Å². The average molecular weight is 370 g/mol. The number of nitrogens with one attached hydrogen (secondary N) is 1. The van der Waals surface area contributed by atoms with Crippen molar-refractivity contribution in [2.75, 3.05) is 18.4 Å². The largest absolute Gasteiger partial charge is 0.481 e.